The van der Waals surface area contributed by atoms with Gasteiger partial charge < -0.3 is 15.0 Å². The van der Waals surface area contributed by atoms with Gasteiger partial charge in [0.25, 0.3) is 0 Å². The van der Waals surface area contributed by atoms with E-state index in [1.165, 1.54) is 4.31 Å². The van der Waals surface area contributed by atoms with Gasteiger partial charge in [-0.05, 0) is 61.9 Å². The van der Waals surface area contributed by atoms with Gasteiger partial charge in [0.05, 0.1) is 19.1 Å². The van der Waals surface area contributed by atoms with Gasteiger partial charge in [0, 0.05) is 25.6 Å². The Kier molecular flexibility index (Phi) is 11.0. The molecular weight excluding hydrogens is 502 g/mol. The van der Waals surface area contributed by atoms with Crippen LogP contribution in [0.25, 0.3) is 0 Å². The van der Waals surface area contributed by atoms with Gasteiger partial charge >= 0.3 is 0 Å². The zero-order valence-corrected chi connectivity index (χ0v) is 23.6. The number of carbonyl (C=O) groups is 2. The molecule has 0 saturated heterocycles. The molecule has 1 aliphatic carbocycles. The molecule has 1 fully saturated rings. The highest BCUT2D eigenvalue weighted by molar-refractivity contribution is 7.92. The Hall–Kier alpha value is -3.07. The molecule has 0 aromatic heterocycles. The van der Waals surface area contributed by atoms with Crippen LogP contribution in [0.4, 0.5) is 5.69 Å². The number of ether oxygens (including phenoxy) is 1. The van der Waals surface area contributed by atoms with Crippen molar-refractivity contribution in [3.05, 3.63) is 60.2 Å². The fourth-order valence-corrected chi connectivity index (χ4v) is 5.98. The molecule has 38 heavy (non-hydrogen) atoms. The van der Waals surface area contributed by atoms with E-state index in [0.29, 0.717) is 37.2 Å². The summed E-state index contributed by atoms with van der Waals surface area (Å²) in [5.41, 5.74) is 1.61. The molecule has 0 unspecified atom stereocenters. The Morgan fingerprint density at radius 1 is 1.03 bits per heavy atom. The van der Waals surface area contributed by atoms with E-state index in [4.69, 9.17) is 4.74 Å². The van der Waals surface area contributed by atoms with E-state index in [9.17, 15) is 18.0 Å². The van der Waals surface area contributed by atoms with Gasteiger partial charge in [-0.3, -0.25) is 13.9 Å². The number of methoxy groups -OCH3 is 1. The predicted molar refractivity (Wildman–Crippen MR) is 151 cm³/mol. The summed E-state index contributed by atoms with van der Waals surface area (Å²) < 4.78 is 31.5. The van der Waals surface area contributed by atoms with Crippen molar-refractivity contribution in [3.8, 4) is 5.75 Å². The average molecular weight is 544 g/mol. The largest absolute Gasteiger partial charge is 0.497 e. The summed E-state index contributed by atoms with van der Waals surface area (Å²) in [5.74, 6) is 0.391. The van der Waals surface area contributed by atoms with Crippen LogP contribution in [-0.4, -0.2) is 63.7 Å². The number of sulfonamides is 1. The molecule has 208 valence electrons. The SMILES string of the molecule is CC[C@@H](C(=O)NC1CCCC1)N(CCc1ccccc1)C(=O)CCCN(c1ccc(OC)cc1)S(C)(=O)=O. The Balaban J connectivity index is 1.70. The van der Waals surface area contributed by atoms with Crippen LogP contribution in [0, 0.1) is 0 Å². The number of benzene rings is 2. The second-order valence-electron chi connectivity index (χ2n) is 9.87. The van der Waals surface area contributed by atoms with Crippen molar-refractivity contribution in [3.63, 3.8) is 0 Å². The average Bonchev–Trinajstić information content (AvgIpc) is 3.42. The lowest BCUT2D eigenvalue weighted by atomic mass is 10.1. The molecule has 8 nitrogen and oxygen atoms in total. The maximum Gasteiger partial charge on any atom is 0.243 e. The molecule has 2 amide bonds. The van der Waals surface area contributed by atoms with Crippen LogP contribution in [0.3, 0.4) is 0 Å². The number of hydrogen-bond acceptors (Lipinski definition) is 5. The Morgan fingerprint density at radius 2 is 1.68 bits per heavy atom. The maximum atomic E-state index is 13.5. The highest BCUT2D eigenvalue weighted by atomic mass is 32.2. The van der Waals surface area contributed by atoms with Crippen LogP contribution in [0.5, 0.6) is 5.75 Å². The molecule has 1 atom stereocenters. The van der Waals surface area contributed by atoms with E-state index in [-0.39, 0.29) is 30.8 Å². The van der Waals surface area contributed by atoms with E-state index in [2.05, 4.69) is 5.32 Å². The molecule has 1 aliphatic rings. The smallest absolute Gasteiger partial charge is 0.243 e. The van der Waals surface area contributed by atoms with Crippen molar-refractivity contribution in [2.45, 2.75) is 70.4 Å². The van der Waals surface area contributed by atoms with Crippen LogP contribution in [-0.2, 0) is 26.0 Å². The summed E-state index contributed by atoms with van der Waals surface area (Å²) in [6.45, 7) is 2.51. The van der Waals surface area contributed by atoms with Gasteiger partial charge in [0.2, 0.25) is 21.8 Å². The summed E-state index contributed by atoms with van der Waals surface area (Å²) in [4.78, 5) is 28.4. The first kappa shape index (κ1) is 29.5. The number of anilines is 1. The highest BCUT2D eigenvalue weighted by Crippen LogP contribution is 2.23. The molecule has 0 aliphatic heterocycles. The van der Waals surface area contributed by atoms with Gasteiger partial charge in [0.1, 0.15) is 11.8 Å². The minimum atomic E-state index is -3.55. The molecule has 0 heterocycles. The molecule has 1 saturated carbocycles. The van der Waals surface area contributed by atoms with E-state index in [0.717, 1.165) is 37.5 Å². The van der Waals surface area contributed by atoms with Crippen LogP contribution in [0.1, 0.15) is 57.4 Å². The quantitative estimate of drug-likeness (QED) is 0.386. The van der Waals surface area contributed by atoms with Gasteiger partial charge in [-0.1, -0.05) is 50.1 Å². The first-order valence-electron chi connectivity index (χ1n) is 13.5. The lowest BCUT2D eigenvalue weighted by Gasteiger charge is -2.32. The van der Waals surface area contributed by atoms with E-state index < -0.39 is 16.1 Å². The number of nitrogens with one attached hydrogen (secondary N) is 1. The third-order valence-corrected chi connectivity index (χ3v) is 8.28. The van der Waals surface area contributed by atoms with Gasteiger partial charge in [0.15, 0.2) is 0 Å². The topological polar surface area (TPSA) is 96.0 Å². The second-order valence-corrected chi connectivity index (χ2v) is 11.8. The summed E-state index contributed by atoms with van der Waals surface area (Å²) in [7, 11) is -1.99. The Labute approximate surface area is 227 Å². The fourth-order valence-electron chi connectivity index (χ4n) is 5.02. The molecule has 2 aromatic rings. The minimum Gasteiger partial charge on any atom is -0.497 e. The van der Waals surface area contributed by atoms with Crippen LogP contribution < -0.4 is 14.4 Å². The van der Waals surface area contributed by atoms with Crippen molar-refractivity contribution in [1.29, 1.82) is 0 Å². The Morgan fingerprint density at radius 3 is 2.26 bits per heavy atom. The van der Waals surface area contributed by atoms with Crippen LogP contribution in [0.2, 0.25) is 0 Å². The maximum absolute atomic E-state index is 13.5. The molecule has 9 heteroatoms. The standard InChI is InChI=1S/C29H41N3O5S/c1-4-27(29(34)30-24-13-8-9-14-24)31(22-20-23-11-6-5-7-12-23)28(33)15-10-21-32(38(3,35)36)25-16-18-26(37-2)19-17-25/h5-7,11-12,16-19,24,27H,4,8-10,13-15,20-22H2,1-3H3,(H,30,34)/t27-/m0/s1. The van der Waals surface area contributed by atoms with Crippen LogP contribution >= 0.6 is 0 Å². The van der Waals surface area contributed by atoms with Crippen LogP contribution in [0.15, 0.2) is 54.6 Å². The van der Waals surface area contributed by atoms with E-state index >= 15 is 0 Å². The molecule has 3 rings (SSSR count). The van der Waals surface area contributed by atoms with E-state index in [1.54, 1.807) is 36.3 Å². The first-order chi connectivity index (χ1) is 18.2. The van der Waals surface area contributed by atoms with E-state index in [1.807, 2.05) is 37.3 Å². The summed E-state index contributed by atoms with van der Waals surface area (Å²) in [6, 6.07) is 16.3. The van der Waals surface area contributed by atoms with Crippen molar-refractivity contribution in [1.82, 2.24) is 10.2 Å². The van der Waals surface area contributed by atoms with Gasteiger partial charge in [-0.2, -0.15) is 0 Å². The summed E-state index contributed by atoms with van der Waals surface area (Å²) >= 11 is 0. The lowest BCUT2D eigenvalue weighted by molar-refractivity contribution is -0.141. The van der Waals surface area contributed by atoms with Crippen molar-refractivity contribution >= 4 is 27.5 Å². The Bertz CT molecular complexity index is 1130. The minimum absolute atomic E-state index is 0.100. The molecule has 2 aromatic carbocycles. The zero-order chi connectivity index (χ0) is 27.5. The van der Waals surface area contributed by atoms with Gasteiger partial charge in [-0.15, -0.1) is 0 Å². The monoisotopic (exact) mass is 543 g/mol. The number of carbonyl (C=O) groups excluding carboxylic acids is 2. The normalized spacial score (nSPS) is 14.6. The fraction of sp³-hybridized carbons (Fsp3) is 0.517. The molecule has 0 radical (unpaired) electrons. The first-order valence-corrected chi connectivity index (χ1v) is 15.3. The van der Waals surface area contributed by atoms with Crippen molar-refractivity contribution in [2.24, 2.45) is 0 Å². The molecular formula is C29H41N3O5S. The number of hydrogen-bond donors (Lipinski definition) is 1. The zero-order valence-electron chi connectivity index (χ0n) is 22.8. The van der Waals surface area contributed by atoms with Crippen molar-refractivity contribution in [2.75, 3.05) is 30.8 Å². The number of nitrogens with zero attached hydrogens (tertiary/aromatic N) is 2. The molecule has 0 spiro atoms. The summed E-state index contributed by atoms with van der Waals surface area (Å²) in [6.07, 6.45) is 6.98. The third-order valence-electron chi connectivity index (χ3n) is 7.08. The lowest BCUT2D eigenvalue weighted by Crippen LogP contribution is -2.52. The van der Waals surface area contributed by atoms with Gasteiger partial charge in [-0.25, -0.2) is 8.42 Å². The second kappa shape index (κ2) is 14.2. The summed E-state index contributed by atoms with van der Waals surface area (Å²) in [5, 5.41) is 3.16. The number of rotatable bonds is 14. The predicted octanol–water partition coefficient (Wildman–Crippen LogP) is 4.15. The molecule has 0 bridgehead atoms. The molecule has 1 N–H and O–H groups in total. The van der Waals surface area contributed by atoms with Crippen molar-refractivity contribution < 1.29 is 22.7 Å². The third kappa shape index (κ3) is 8.48. The highest BCUT2D eigenvalue weighted by Gasteiger charge is 2.30. The number of amides is 2.